The van der Waals surface area contributed by atoms with Gasteiger partial charge in [-0.15, -0.1) is 0 Å². The van der Waals surface area contributed by atoms with Crippen molar-refractivity contribution in [2.75, 3.05) is 20.3 Å². The molecule has 4 nitrogen and oxygen atoms in total. The van der Waals surface area contributed by atoms with Gasteiger partial charge in [0, 0.05) is 12.1 Å². The minimum absolute atomic E-state index is 0.000556. The Balaban J connectivity index is 1.83. The Kier molecular flexibility index (Phi) is 3.03. The number of carbonyl (C=O) groups excluding carboxylic acids is 1. The zero-order chi connectivity index (χ0) is 9.97. The van der Waals surface area contributed by atoms with Gasteiger partial charge in [0.25, 0.3) is 0 Å². The molecule has 80 valence electrons. The third-order valence-electron chi connectivity index (χ3n) is 3.24. The lowest BCUT2D eigenvalue weighted by Crippen LogP contribution is -2.47. The van der Waals surface area contributed by atoms with Crippen molar-refractivity contribution in [3.05, 3.63) is 0 Å². The van der Waals surface area contributed by atoms with Crippen LogP contribution in [0, 0.1) is 5.92 Å². The van der Waals surface area contributed by atoms with Crippen molar-refractivity contribution in [3.63, 3.8) is 0 Å². The molecule has 2 N–H and O–H groups in total. The first-order valence-electron chi connectivity index (χ1n) is 5.36. The standard InChI is InChI=1S/C10H18N2O2/c1-11-9-6-14-5-8(9)10(13)12-7-3-2-4-7/h7-9,11H,2-6H2,1H3,(H,12,13). The van der Waals surface area contributed by atoms with E-state index in [4.69, 9.17) is 4.74 Å². The number of hydrogen-bond donors (Lipinski definition) is 2. The first-order chi connectivity index (χ1) is 6.81. The third kappa shape index (κ3) is 1.91. The van der Waals surface area contributed by atoms with Crippen molar-refractivity contribution in [2.24, 2.45) is 5.92 Å². The molecule has 2 atom stereocenters. The second-order valence-corrected chi connectivity index (χ2v) is 4.18. The lowest BCUT2D eigenvalue weighted by Gasteiger charge is -2.28. The highest BCUT2D eigenvalue weighted by atomic mass is 16.5. The van der Waals surface area contributed by atoms with E-state index in [0.29, 0.717) is 19.3 Å². The molecular formula is C10H18N2O2. The Morgan fingerprint density at radius 3 is 2.71 bits per heavy atom. The fourth-order valence-electron chi connectivity index (χ4n) is 1.96. The van der Waals surface area contributed by atoms with Gasteiger partial charge in [0.15, 0.2) is 0 Å². The van der Waals surface area contributed by atoms with E-state index in [2.05, 4.69) is 10.6 Å². The van der Waals surface area contributed by atoms with E-state index >= 15 is 0 Å². The van der Waals surface area contributed by atoms with Gasteiger partial charge < -0.3 is 15.4 Å². The van der Waals surface area contributed by atoms with E-state index in [0.717, 1.165) is 12.8 Å². The predicted octanol–water partition coefficient (Wildman–Crippen LogP) is -0.111. The van der Waals surface area contributed by atoms with Gasteiger partial charge in [-0.1, -0.05) is 0 Å². The molecule has 1 aliphatic carbocycles. The van der Waals surface area contributed by atoms with Gasteiger partial charge in [-0.2, -0.15) is 0 Å². The van der Waals surface area contributed by atoms with E-state index in [1.54, 1.807) is 0 Å². The predicted molar refractivity (Wildman–Crippen MR) is 52.9 cm³/mol. The summed E-state index contributed by atoms with van der Waals surface area (Å²) in [6, 6.07) is 0.621. The molecular weight excluding hydrogens is 180 g/mol. The number of hydrogen-bond acceptors (Lipinski definition) is 3. The summed E-state index contributed by atoms with van der Waals surface area (Å²) in [6.07, 6.45) is 3.54. The van der Waals surface area contributed by atoms with E-state index in [1.807, 2.05) is 7.05 Å². The van der Waals surface area contributed by atoms with Gasteiger partial charge in [-0.3, -0.25) is 4.79 Å². The zero-order valence-electron chi connectivity index (χ0n) is 8.58. The number of likely N-dealkylation sites (N-methyl/N-ethyl adjacent to an activating group) is 1. The van der Waals surface area contributed by atoms with Crippen molar-refractivity contribution in [1.29, 1.82) is 0 Å². The molecule has 4 heteroatoms. The molecule has 0 spiro atoms. The van der Waals surface area contributed by atoms with Crippen LogP contribution in [-0.2, 0) is 9.53 Å². The molecule has 2 aliphatic rings. The molecule has 0 aromatic carbocycles. The number of ether oxygens (including phenoxy) is 1. The van der Waals surface area contributed by atoms with Crippen LogP contribution in [0.5, 0.6) is 0 Å². The average Bonchev–Trinajstić information content (AvgIpc) is 2.58. The van der Waals surface area contributed by atoms with Crippen LogP contribution in [0.3, 0.4) is 0 Å². The van der Waals surface area contributed by atoms with Gasteiger partial charge in [0.1, 0.15) is 0 Å². The van der Waals surface area contributed by atoms with Gasteiger partial charge >= 0.3 is 0 Å². The zero-order valence-corrected chi connectivity index (χ0v) is 8.58. The summed E-state index contributed by atoms with van der Waals surface area (Å²) >= 11 is 0. The van der Waals surface area contributed by atoms with Crippen LogP contribution < -0.4 is 10.6 Å². The van der Waals surface area contributed by atoms with Gasteiger partial charge in [-0.05, 0) is 26.3 Å². The minimum Gasteiger partial charge on any atom is -0.379 e. The maximum Gasteiger partial charge on any atom is 0.227 e. The Bertz CT molecular complexity index is 216. The van der Waals surface area contributed by atoms with E-state index in [9.17, 15) is 4.79 Å². The van der Waals surface area contributed by atoms with E-state index < -0.39 is 0 Å². The summed E-state index contributed by atoms with van der Waals surface area (Å²) in [4.78, 5) is 11.8. The molecule has 0 aromatic heterocycles. The molecule has 0 aromatic rings. The Labute approximate surface area is 84.4 Å². The fourth-order valence-corrected chi connectivity index (χ4v) is 1.96. The Morgan fingerprint density at radius 2 is 2.14 bits per heavy atom. The highest BCUT2D eigenvalue weighted by molar-refractivity contribution is 5.80. The number of carbonyl (C=O) groups is 1. The highest BCUT2D eigenvalue weighted by Crippen LogP contribution is 2.20. The SMILES string of the molecule is CNC1COCC1C(=O)NC1CCC1. The summed E-state index contributed by atoms with van der Waals surface area (Å²) in [5.41, 5.74) is 0. The quantitative estimate of drug-likeness (QED) is 0.665. The van der Waals surface area contributed by atoms with Crippen LogP contribution in [0.15, 0.2) is 0 Å². The molecule has 0 bridgehead atoms. The molecule has 1 saturated carbocycles. The lowest BCUT2D eigenvalue weighted by atomic mass is 9.92. The van der Waals surface area contributed by atoms with Crippen LogP contribution in [0.4, 0.5) is 0 Å². The maximum absolute atomic E-state index is 11.8. The molecule has 0 radical (unpaired) electrons. The molecule has 1 aliphatic heterocycles. The van der Waals surface area contributed by atoms with Crippen molar-refractivity contribution in [2.45, 2.75) is 31.3 Å². The molecule has 1 amide bonds. The summed E-state index contributed by atoms with van der Waals surface area (Å²) in [6.45, 7) is 1.21. The van der Waals surface area contributed by atoms with Crippen molar-refractivity contribution in [1.82, 2.24) is 10.6 Å². The monoisotopic (exact) mass is 198 g/mol. The Hall–Kier alpha value is -0.610. The molecule has 2 unspecified atom stereocenters. The normalized spacial score (nSPS) is 32.6. The number of rotatable bonds is 3. The molecule has 2 rings (SSSR count). The minimum atomic E-state index is 0.000556. The van der Waals surface area contributed by atoms with Crippen LogP contribution in [0.2, 0.25) is 0 Å². The van der Waals surface area contributed by atoms with Crippen LogP contribution in [0.1, 0.15) is 19.3 Å². The smallest absolute Gasteiger partial charge is 0.227 e. The van der Waals surface area contributed by atoms with E-state index in [1.165, 1.54) is 6.42 Å². The third-order valence-corrected chi connectivity index (χ3v) is 3.24. The first kappa shape index (κ1) is 9.93. The molecule has 1 saturated heterocycles. The molecule has 14 heavy (non-hydrogen) atoms. The van der Waals surface area contributed by atoms with Gasteiger partial charge in [0.05, 0.1) is 19.1 Å². The summed E-state index contributed by atoms with van der Waals surface area (Å²) in [5, 5.41) is 6.18. The number of nitrogens with one attached hydrogen (secondary N) is 2. The largest absolute Gasteiger partial charge is 0.379 e. The van der Waals surface area contributed by atoms with Crippen LogP contribution >= 0.6 is 0 Å². The summed E-state index contributed by atoms with van der Waals surface area (Å²) in [5.74, 6) is 0.159. The Morgan fingerprint density at radius 1 is 1.36 bits per heavy atom. The molecule has 1 heterocycles. The van der Waals surface area contributed by atoms with Crippen LogP contribution in [0.25, 0.3) is 0 Å². The maximum atomic E-state index is 11.8. The first-order valence-corrected chi connectivity index (χ1v) is 5.36. The second-order valence-electron chi connectivity index (χ2n) is 4.18. The topological polar surface area (TPSA) is 50.4 Å². The summed E-state index contributed by atoms with van der Waals surface area (Å²) < 4.78 is 5.29. The highest BCUT2D eigenvalue weighted by Gasteiger charge is 2.34. The lowest BCUT2D eigenvalue weighted by molar-refractivity contribution is -0.126. The van der Waals surface area contributed by atoms with Crippen molar-refractivity contribution < 1.29 is 9.53 Å². The number of amides is 1. The van der Waals surface area contributed by atoms with Crippen LogP contribution in [-0.4, -0.2) is 38.3 Å². The van der Waals surface area contributed by atoms with E-state index in [-0.39, 0.29) is 17.9 Å². The van der Waals surface area contributed by atoms with Crippen molar-refractivity contribution in [3.8, 4) is 0 Å². The second kappa shape index (κ2) is 4.28. The fraction of sp³-hybridized carbons (Fsp3) is 0.900. The summed E-state index contributed by atoms with van der Waals surface area (Å²) in [7, 11) is 1.88. The van der Waals surface area contributed by atoms with Gasteiger partial charge in [-0.25, -0.2) is 0 Å². The van der Waals surface area contributed by atoms with Crippen molar-refractivity contribution >= 4 is 5.91 Å². The van der Waals surface area contributed by atoms with Gasteiger partial charge in [0.2, 0.25) is 5.91 Å². The average molecular weight is 198 g/mol. The molecule has 2 fully saturated rings.